The highest BCUT2D eigenvalue weighted by Gasteiger charge is 2.08. The Labute approximate surface area is 78.8 Å². The van der Waals surface area contributed by atoms with E-state index in [-0.39, 0.29) is 11.8 Å². The molecule has 13 heavy (non-hydrogen) atoms. The Morgan fingerprint density at radius 1 is 1.54 bits per heavy atom. The highest BCUT2D eigenvalue weighted by Crippen LogP contribution is 2.06. The monoisotopic (exact) mass is 177 g/mol. The molecule has 1 aromatic rings. The Bertz CT molecular complexity index is 307. The van der Waals surface area contributed by atoms with Crippen LogP contribution in [0.25, 0.3) is 0 Å². The predicted octanol–water partition coefficient (Wildman–Crippen LogP) is 1.45. The second-order valence-electron chi connectivity index (χ2n) is 3.41. The molecular formula is C11H15NO. The molecule has 1 rings (SSSR count). The lowest BCUT2D eigenvalue weighted by atomic mass is 10.0. The number of Topliss-reactive ketones (excluding diaryl/α,β-unsaturated/α-hetero) is 1. The summed E-state index contributed by atoms with van der Waals surface area (Å²) in [4.78, 5) is 10.9. The summed E-state index contributed by atoms with van der Waals surface area (Å²) in [6.45, 7) is 3.56. The van der Waals surface area contributed by atoms with Gasteiger partial charge in [0.25, 0.3) is 0 Å². The van der Waals surface area contributed by atoms with Crippen molar-refractivity contribution in [3.05, 3.63) is 35.4 Å². The highest BCUT2D eigenvalue weighted by atomic mass is 16.1. The Morgan fingerprint density at radius 3 is 2.77 bits per heavy atom. The molecule has 2 N–H and O–H groups in total. The summed E-state index contributed by atoms with van der Waals surface area (Å²) in [5.41, 5.74) is 7.98. The van der Waals surface area contributed by atoms with Crippen molar-refractivity contribution in [2.45, 2.75) is 26.3 Å². The zero-order valence-corrected chi connectivity index (χ0v) is 8.08. The quantitative estimate of drug-likeness (QED) is 0.759. The topological polar surface area (TPSA) is 43.1 Å². The second-order valence-corrected chi connectivity index (χ2v) is 3.41. The lowest BCUT2D eigenvalue weighted by Crippen LogP contribution is -2.30. The third-order valence-electron chi connectivity index (χ3n) is 2.06. The molecule has 70 valence electrons. The summed E-state index contributed by atoms with van der Waals surface area (Å²) in [7, 11) is 0. The van der Waals surface area contributed by atoms with Crippen LogP contribution in [0.1, 0.15) is 18.1 Å². The fourth-order valence-electron chi connectivity index (χ4n) is 1.24. The predicted molar refractivity (Wildman–Crippen MR) is 53.5 cm³/mol. The van der Waals surface area contributed by atoms with Crippen LogP contribution < -0.4 is 5.73 Å². The zero-order valence-electron chi connectivity index (χ0n) is 8.08. The summed E-state index contributed by atoms with van der Waals surface area (Å²) >= 11 is 0. The molecule has 0 fully saturated rings. The van der Waals surface area contributed by atoms with Gasteiger partial charge >= 0.3 is 0 Å². The first-order chi connectivity index (χ1) is 6.09. The maximum absolute atomic E-state index is 10.9. The summed E-state index contributed by atoms with van der Waals surface area (Å²) in [6.07, 6.45) is 0.636. The molecule has 2 heteroatoms. The molecule has 0 heterocycles. The largest absolute Gasteiger partial charge is 0.321 e. The molecule has 1 aromatic carbocycles. The van der Waals surface area contributed by atoms with E-state index in [1.54, 1.807) is 0 Å². The number of carbonyl (C=O) groups excluding carboxylic acids is 1. The van der Waals surface area contributed by atoms with E-state index < -0.39 is 0 Å². The highest BCUT2D eigenvalue weighted by molar-refractivity contribution is 5.81. The molecule has 0 saturated carbocycles. The van der Waals surface area contributed by atoms with E-state index >= 15 is 0 Å². The van der Waals surface area contributed by atoms with Gasteiger partial charge in [0.1, 0.15) is 5.78 Å². The first kappa shape index (κ1) is 9.93. The normalized spacial score (nSPS) is 12.5. The van der Waals surface area contributed by atoms with E-state index in [0.29, 0.717) is 6.42 Å². The molecule has 2 nitrogen and oxygen atoms in total. The van der Waals surface area contributed by atoms with E-state index in [4.69, 9.17) is 5.73 Å². The minimum atomic E-state index is -0.359. The second kappa shape index (κ2) is 4.19. The number of carbonyl (C=O) groups is 1. The first-order valence-corrected chi connectivity index (χ1v) is 4.41. The zero-order chi connectivity index (χ0) is 9.84. The van der Waals surface area contributed by atoms with E-state index in [1.807, 2.05) is 25.1 Å². The molecule has 1 unspecified atom stereocenters. The van der Waals surface area contributed by atoms with Crippen LogP contribution in [0.5, 0.6) is 0 Å². The maximum atomic E-state index is 10.9. The van der Waals surface area contributed by atoms with Crippen LogP contribution in [0, 0.1) is 6.92 Å². The van der Waals surface area contributed by atoms with Crippen molar-refractivity contribution in [3.63, 3.8) is 0 Å². The number of benzene rings is 1. The lowest BCUT2D eigenvalue weighted by Gasteiger charge is -2.07. The first-order valence-electron chi connectivity index (χ1n) is 4.41. The van der Waals surface area contributed by atoms with Crippen molar-refractivity contribution in [1.82, 2.24) is 0 Å². The molecule has 0 aromatic heterocycles. The van der Waals surface area contributed by atoms with Gasteiger partial charge in [-0.1, -0.05) is 29.8 Å². The Kier molecular flexibility index (Phi) is 3.20. The molecule has 0 amide bonds. The van der Waals surface area contributed by atoms with Gasteiger partial charge in [0.15, 0.2) is 0 Å². The molecule has 0 aliphatic heterocycles. The molecule has 0 bridgehead atoms. The summed E-state index contributed by atoms with van der Waals surface area (Å²) in [5.74, 6) is 0.0431. The third-order valence-corrected chi connectivity index (χ3v) is 2.06. The molecule has 1 atom stereocenters. The van der Waals surface area contributed by atoms with Crippen molar-refractivity contribution in [2.75, 3.05) is 0 Å². The Morgan fingerprint density at radius 2 is 2.23 bits per heavy atom. The minimum absolute atomic E-state index is 0.0431. The van der Waals surface area contributed by atoms with Gasteiger partial charge in [-0.05, 0) is 25.8 Å². The Hall–Kier alpha value is -1.15. The molecule has 0 spiro atoms. The van der Waals surface area contributed by atoms with Crippen LogP contribution in [-0.4, -0.2) is 11.8 Å². The fraction of sp³-hybridized carbons (Fsp3) is 0.364. The number of nitrogens with two attached hydrogens (primary N) is 1. The smallest absolute Gasteiger partial charge is 0.146 e. The molecular weight excluding hydrogens is 162 g/mol. The number of hydrogen-bond donors (Lipinski definition) is 1. The van der Waals surface area contributed by atoms with Gasteiger partial charge in [-0.25, -0.2) is 0 Å². The minimum Gasteiger partial charge on any atom is -0.321 e. The summed E-state index contributed by atoms with van der Waals surface area (Å²) in [6, 6.07) is 7.71. The SMILES string of the molecule is CC(=O)C(N)Cc1cccc(C)c1. The third kappa shape index (κ3) is 2.99. The molecule has 0 radical (unpaired) electrons. The van der Waals surface area contributed by atoms with Gasteiger partial charge < -0.3 is 5.73 Å². The van der Waals surface area contributed by atoms with Crippen LogP contribution >= 0.6 is 0 Å². The molecule has 0 aliphatic rings. The van der Waals surface area contributed by atoms with Gasteiger partial charge in [-0.2, -0.15) is 0 Å². The summed E-state index contributed by atoms with van der Waals surface area (Å²) in [5, 5.41) is 0. The van der Waals surface area contributed by atoms with Crippen molar-refractivity contribution >= 4 is 5.78 Å². The van der Waals surface area contributed by atoms with Crippen molar-refractivity contribution in [3.8, 4) is 0 Å². The Balaban J connectivity index is 2.69. The van der Waals surface area contributed by atoms with Crippen molar-refractivity contribution < 1.29 is 4.79 Å². The van der Waals surface area contributed by atoms with Gasteiger partial charge in [-0.15, -0.1) is 0 Å². The van der Waals surface area contributed by atoms with Gasteiger partial charge in [-0.3, -0.25) is 4.79 Å². The van der Waals surface area contributed by atoms with E-state index in [9.17, 15) is 4.79 Å². The summed E-state index contributed by atoms with van der Waals surface area (Å²) < 4.78 is 0. The van der Waals surface area contributed by atoms with Crippen LogP contribution in [0.2, 0.25) is 0 Å². The van der Waals surface area contributed by atoms with Crippen LogP contribution in [0.4, 0.5) is 0 Å². The van der Waals surface area contributed by atoms with Crippen LogP contribution in [0.15, 0.2) is 24.3 Å². The van der Waals surface area contributed by atoms with Crippen LogP contribution in [0.3, 0.4) is 0 Å². The molecule has 0 saturated heterocycles. The maximum Gasteiger partial charge on any atom is 0.146 e. The standard InChI is InChI=1S/C11H15NO/c1-8-4-3-5-10(6-8)7-11(12)9(2)13/h3-6,11H,7,12H2,1-2H3. The van der Waals surface area contributed by atoms with Crippen molar-refractivity contribution in [1.29, 1.82) is 0 Å². The van der Waals surface area contributed by atoms with Gasteiger partial charge in [0.05, 0.1) is 6.04 Å². The average molecular weight is 177 g/mol. The number of ketones is 1. The van der Waals surface area contributed by atoms with Crippen molar-refractivity contribution in [2.24, 2.45) is 5.73 Å². The number of rotatable bonds is 3. The van der Waals surface area contributed by atoms with Gasteiger partial charge in [0, 0.05) is 0 Å². The average Bonchev–Trinajstić information content (AvgIpc) is 2.04. The number of aryl methyl sites for hydroxylation is 1. The lowest BCUT2D eigenvalue weighted by molar-refractivity contribution is -0.118. The molecule has 0 aliphatic carbocycles. The van der Waals surface area contributed by atoms with Gasteiger partial charge in [0.2, 0.25) is 0 Å². The van der Waals surface area contributed by atoms with E-state index in [0.717, 1.165) is 5.56 Å². The van der Waals surface area contributed by atoms with E-state index in [1.165, 1.54) is 12.5 Å². The fourth-order valence-corrected chi connectivity index (χ4v) is 1.24. The van der Waals surface area contributed by atoms with Crippen LogP contribution in [-0.2, 0) is 11.2 Å². The number of hydrogen-bond acceptors (Lipinski definition) is 2. The van der Waals surface area contributed by atoms with E-state index in [2.05, 4.69) is 6.07 Å².